The van der Waals surface area contributed by atoms with Crippen LogP contribution >= 0.6 is 0 Å². The summed E-state index contributed by atoms with van der Waals surface area (Å²) in [6.45, 7) is 7.36. The van der Waals surface area contributed by atoms with Crippen LogP contribution in [0.5, 0.6) is 5.75 Å². The molecule has 0 aromatic heterocycles. The highest BCUT2D eigenvalue weighted by Gasteiger charge is 2.26. The van der Waals surface area contributed by atoms with Crippen molar-refractivity contribution in [1.82, 2.24) is 9.80 Å². The van der Waals surface area contributed by atoms with Gasteiger partial charge in [0.2, 0.25) is 0 Å². The Morgan fingerprint density at radius 3 is 2.27 bits per heavy atom. The minimum absolute atomic E-state index is 0.242. The number of piperazine rings is 1. The average molecular weight is 354 g/mol. The van der Waals surface area contributed by atoms with Gasteiger partial charge in [0.1, 0.15) is 5.75 Å². The van der Waals surface area contributed by atoms with Gasteiger partial charge in [-0.2, -0.15) is 0 Å². The zero-order chi connectivity index (χ0) is 18.4. The Morgan fingerprint density at radius 2 is 1.62 bits per heavy atom. The Hall–Kier alpha value is -1.88. The summed E-state index contributed by atoms with van der Waals surface area (Å²) in [7, 11) is 1.70. The van der Waals surface area contributed by atoms with Crippen molar-refractivity contribution in [3.63, 3.8) is 0 Å². The summed E-state index contributed by atoms with van der Waals surface area (Å²) < 4.78 is 5.24. The van der Waals surface area contributed by atoms with E-state index in [2.05, 4.69) is 53.1 Å². The molecule has 26 heavy (non-hydrogen) atoms. The van der Waals surface area contributed by atoms with Gasteiger partial charge >= 0.3 is 0 Å². The van der Waals surface area contributed by atoms with Gasteiger partial charge in [-0.05, 0) is 36.6 Å². The van der Waals surface area contributed by atoms with Crippen molar-refractivity contribution < 1.29 is 9.84 Å². The third-order valence-electron chi connectivity index (χ3n) is 5.22. The molecular weight excluding hydrogens is 324 g/mol. The van der Waals surface area contributed by atoms with Crippen LogP contribution in [-0.2, 0) is 13.1 Å². The molecule has 1 aliphatic rings. The standard InChI is InChI=1S/C22H30N2O2/c1-18-3-5-20(6-4-18)16-24-13-12-23(17-21(24)11-14-25)15-19-7-9-22(26-2)10-8-19/h3-10,21,25H,11-17H2,1-2H3/t21-/m1/s1. The Labute approximate surface area is 157 Å². The quantitative estimate of drug-likeness (QED) is 0.829. The van der Waals surface area contributed by atoms with Crippen LogP contribution in [0.2, 0.25) is 0 Å². The predicted molar refractivity (Wildman–Crippen MR) is 105 cm³/mol. The molecule has 0 amide bonds. The molecule has 1 heterocycles. The maximum atomic E-state index is 9.51. The number of ether oxygens (including phenoxy) is 1. The monoisotopic (exact) mass is 354 g/mol. The molecule has 0 aliphatic carbocycles. The molecule has 0 saturated carbocycles. The number of nitrogens with zero attached hydrogens (tertiary/aromatic N) is 2. The fraction of sp³-hybridized carbons (Fsp3) is 0.455. The fourth-order valence-electron chi connectivity index (χ4n) is 3.65. The maximum absolute atomic E-state index is 9.51. The van der Waals surface area contributed by atoms with Gasteiger partial charge < -0.3 is 9.84 Å². The lowest BCUT2D eigenvalue weighted by atomic mass is 10.1. The van der Waals surface area contributed by atoms with E-state index in [4.69, 9.17) is 4.74 Å². The van der Waals surface area contributed by atoms with E-state index >= 15 is 0 Å². The van der Waals surface area contributed by atoms with E-state index in [1.54, 1.807) is 7.11 Å². The van der Waals surface area contributed by atoms with Gasteiger partial charge in [0.25, 0.3) is 0 Å². The lowest BCUT2D eigenvalue weighted by molar-refractivity contribution is 0.0500. The van der Waals surface area contributed by atoms with Crippen molar-refractivity contribution >= 4 is 0 Å². The summed E-state index contributed by atoms with van der Waals surface area (Å²) in [4.78, 5) is 5.01. The molecule has 4 heteroatoms. The van der Waals surface area contributed by atoms with Crippen molar-refractivity contribution in [2.24, 2.45) is 0 Å². The van der Waals surface area contributed by atoms with Gasteiger partial charge in [-0.15, -0.1) is 0 Å². The third kappa shape index (κ3) is 5.07. The third-order valence-corrected chi connectivity index (χ3v) is 5.22. The highest BCUT2D eigenvalue weighted by atomic mass is 16.5. The first-order valence-corrected chi connectivity index (χ1v) is 9.43. The van der Waals surface area contributed by atoms with Crippen molar-refractivity contribution in [3.05, 3.63) is 65.2 Å². The summed E-state index contributed by atoms with van der Waals surface area (Å²) >= 11 is 0. The van der Waals surface area contributed by atoms with Crippen LogP contribution < -0.4 is 4.74 Å². The second-order valence-electron chi connectivity index (χ2n) is 7.21. The molecule has 1 N–H and O–H groups in total. The van der Waals surface area contributed by atoms with Gasteiger partial charge in [-0.1, -0.05) is 42.0 Å². The van der Waals surface area contributed by atoms with E-state index in [0.717, 1.165) is 44.9 Å². The fourth-order valence-corrected chi connectivity index (χ4v) is 3.65. The van der Waals surface area contributed by atoms with Crippen LogP contribution in [-0.4, -0.2) is 54.3 Å². The van der Waals surface area contributed by atoms with Gasteiger partial charge in [0.15, 0.2) is 0 Å². The number of methoxy groups -OCH3 is 1. The molecule has 2 aromatic rings. The van der Waals surface area contributed by atoms with Crippen molar-refractivity contribution in [2.45, 2.75) is 32.5 Å². The van der Waals surface area contributed by atoms with Crippen molar-refractivity contribution in [1.29, 1.82) is 0 Å². The highest BCUT2D eigenvalue weighted by molar-refractivity contribution is 5.27. The lowest BCUT2D eigenvalue weighted by Crippen LogP contribution is -2.52. The molecule has 1 fully saturated rings. The average Bonchev–Trinajstić information content (AvgIpc) is 2.66. The molecule has 140 valence electrons. The number of aryl methyl sites for hydroxylation is 1. The maximum Gasteiger partial charge on any atom is 0.118 e. The molecular formula is C22H30N2O2. The zero-order valence-corrected chi connectivity index (χ0v) is 15.9. The first kappa shape index (κ1) is 18.9. The Morgan fingerprint density at radius 1 is 0.962 bits per heavy atom. The minimum Gasteiger partial charge on any atom is -0.497 e. The second kappa shape index (κ2) is 9.17. The van der Waals surface area contributed by atoms with Crippen LogP contribution in [0.4, 0.5) is 0 Å². The second-order valence-corrected chi connectivity index (χ2v) is 7.21. The number of aliphatic hydroxyl groups excluding tert-OH is 1. The van der Waals surface area contributed by atoms with Crippen LogP contribution in [0.3, 0.4) is 0 Å². The van der Waals surface area contributed by atoms with Gasteiger partial charge in [0.05, 0.1) is 7.11 Å². The van der Waals surface area contributed by atoms with Crippen LogP contribution in [0.15, 0.2) is 48.5 Å². The SMILES string of the molecule is COc1ccc(CN2CCN(Cc3ccc(C)cc3)[C@H](CCO)C2)cc1. The molecule has 0 unspecified atom stereocenters. The van der Waals surface area contributed by atoms with Crippen LogP contribution in [0.1, 0.15) is 23.1 Å². The molecule has 2 aromatic carbocycles. The number of hydrogen-bond donors (Lipinski definition) is 1. The Kier molecular flexibility index (Phi) is 6.67. The van der Waals surface area contributed by atoms with E-state index in [1.165, 1.54) is 16.7 Å². The Balaban J connectivity index is 1.60. The number of rotatable bonds is 7. The summed E-state index contributed by atoms with van der Waals surface area (Å²) in [5.41, 5.74) is 3.95. The largest absolute Gasteiger partial charge is 0.497 e. The van der Waals surface area contributed by atoms with Gasteiger partial charge in [-0.25, -0.2) is 0 Å². The smallest absolute Gasteiger partial charge is 0.118 e. The molecule has 1 atom stereocenters. The van der Waals surface area contributed by atoms with E-state index in [-0.39, 0.29) is 6.61 Å². The first-order valence-electron chi connectivity index (χ1n) is 9.43. The van der Waals surface area contributed by atoms with Crippen molar-refractivity contribution in [3.8, 4) is 5.75 Å². The van der Waals surface area contributed by atoms with Crippen LogP contribution in [0.25, 0.3) is 0 Å². The summed E-state index contributed by atoms with van der Waals surface area (Å²) in [6, 6.07) is 17.5. The molecule has 4 nitrogen and oxygen atoms in total. The lowest BCUT2D eigenvalue weighted by Gasteiger charge is -2.41. The summed E-state index contributed by atoms with van der Waals surface area (Å²) in [5.74, 6) is 0.898. The molecule has 0 radical (unpaired) electrons. The van der Waals surface area contributed by atoms with E-state index in [0.29, 0.717) is 6.04 Å². The van der Waals surface area contributed by atoms with Gasteiger partial charge in [-0.3, -0.25) is 9.80 Å². The molecule has 1 aliphatic heterocycles. The Bertz CT molecular complexity index is 670. The van der Waals surface area contributed by atoms with E-state index in [1.807, 2.05) is 12.1 Å². The molecule has 0 bridgehead atoms. The highest BCUT2D eigenvalue weighted by Crippen LogP contribution is 2.19. The zero-order valence-electron chi connectivity index (χ0n) is 15.9. The van der Waals surface area contributed by atoms with E-state index in [9.17, 15) is 5.11 Å². The molecule has 1 saturated heterocycles. The number of hydrogen-bond acceptors (Lipinski definition) is 4. The predicted octanol–water partition coefficient (Wildman–Crippen LogP) is 3.07. The molecule has 0 spiro atoms. The normalized spacial score (nSPS) is 18.8. The number of benzene rings is 2. The van der Waals surface area contributed by atoms with E-state index < -0.39 is 0 Å². The van der Waals surface area contributed by atoms with Crippen molar-refractivity contribution in [2.75, 3.05) is 33.4 Å². The minimum atomic E-state index is 0.242. The first-order chi connectivity index (χ1) is 12.7. The van der Waals surface area contributed by atoms with Crippen LogP contribution in [0, 0.1) is 6.92 Å². The summed E-state index contributed by atoms with van der Waals surface area (Å²) in [5, 5.41) is 9.51. The summed E-state index contributed by atoms with van der Waals surface area (Å²) in [6.07, 6.45) is 0.824. The van der Waals surface area contributed by atoms with Gasteiger partial charge in [0, 0.05) is 45.4 Å². The topological polar surface area (TPSA) is 35.9 Å². The number of aliphatic hydroxyl groups is 1. The molecule has 3 rings (SSSR count).